The lowest BCUT2D eigenvalue weighted by Gasteiger charge is -2.34. The van der Waals surface area contributed by atoms with Gasteiger partial charge in [0.05, 0.1) is 11.3 Å². The van der Waals surface area contributed by atoms with E-state index in [9.17, 15) is 8.42 Å². The number of hydrogen-bond donors (Lipinski definition) is 1. The molecule has 27 heavy (non-hydrogen) atoms. The normalized spacial score (nSPS) is 17.1. The molecule has 1 heterocycles. The summed E-state index contributed by atoms with van der Waals surface area (Å²) in [6.45, 7) is 4.60. The van der Waals surface area contributed by atoms with Crippen molar-refractivity contribution < 1.29 is 13.2 Å². The molecule has 0 amide bonds. The zero-order valence-electron chi connectivity index (χ0n) is 16.1. The van der Waals surface area contributed by atoms with Crippen LogP contribution >= 0.6 is 39.9 Å². The molecule has 1 aliphatic rings. The molecule has 0 bridgehead atoms. The van der Waals surface area contributed by atoms with Crippen molar-refractivity contribution in [2.45, 2.75) is 31.1 Å². The van der Waals surface area contributed by atoms with Crippen molar-refractivity contribution in [2.24, 2.45) is 4.99 Å². The molecular weight excluding hydrogens is 545 g/mol. The highest BCUT2D eigenvalue weighted by Crippen LogP contribution is 2.29. The van der Waals surface area contributed by atoms with Crippen LogP contribution in [0.4, 0.5) is 0 Å². The molecule has 1 saturated heterocycles. The molecule has 1 aromatic carbocycles. The van der Waals surface area contributed by atoms with Crippen LogP contribution in [0, 0.1) is 0 Å². The summed E-state index contributed by atoms with van der Waals surface area (Å²) in [4.78, 5) is 6.69. The lowest BCUT2D eigenvalue weighted by atomic mass is 9.99. The third kappa shape index (κ3) is 6.86. The van der Waals surface area contributed by atoms with Gasteiger partial charge >= 0.3 is 0 Å². The molecule has 154 valence electrons. The number of nitrogens with one attached hydrogen (secondary N) is 1. The molecule has 1 N–H and O–H groups in total. The molecule has 1 aromatic rings. The van der Waals surface area contributed by atoms with E-state index < -0.39 is 14.6 Å². The Bertz CT molecular complexity index is 720. The van der Waals surface area contributed by atoms with Gasteiger partial charge in [-0.2, -0.15) is 0 Å². The summed E-state index contributed by atoms with van der Waals surface area (Å²) in [6.07, 6.45) is 2.29. The molecule has 0 atom stereocenters. The predicted octanol–water partition coefficient (Wildman–Crippen LogP) is 3.06. The highest BCUT2D eigenvalue weighted by Gasteiger charge is 2.42. The van der Waals surface area contributed by atoms with Gasteiger partial charge in [0, 0.05) is 44.1 Å². The Labute approximate surface area is 188 Å². The average molecular weight is 574 g/mol. The predicted molar refractivity (Wildman–Crippen MR) is 125 cm³/mol. The Kier molecular flexibility index (Phi) is 10.0. The van der Waals surface area contributed by atoms with Gasteiger partial charge in [-0.05, 0) is 37.5 Å². The Balaban J connectivity index is 0.00000364. The van der Waals surface area contributed by atoms with Gasteiger partial charge in [-0.1, -0.05) is 28.1 Å². The van der Waals surface area contributed by atoms with E-state index >= 15 is 0 Å². The summed E-state index contributed by atoms with van der Waals surface area (Å²) in [5.74, 6) is 0.713. The zero-order chi connectivity index (χ0) is 19.2. The smallest absolute Gasteiger partial charge is 0.194 e. The number of halogens is 2. The Morgan fingerprint density at radius 2 is 1.89 bits per heavy atom. The zero-order valence-corrected chi connectivity index (χ0v) is 20.8. The van der Waals surface area contributed by atoms with Crippen molar-refractivity contribution >= 4 is 55.7 Å². The average Bonchev–Trinajstić information content (AvgIpc) is 2.60. The van der Waals surface area contributed by atoms with E-state index in [-0.39, 0.29) is 30.5 Å². The Hall–Kier alpha value is -0.390. The number of rotatable bonds is 6. The second kappa shape index (κ2) is 11.0. The molecule has 0 aromatic heterocycles. The first-order valence-electron chi connectivity index (χ1n) is 8.79. The second-order valence-corrected chi connectivity index (χ2v) is 10.0. The van der Waals surface area contributed by atoms with Crippen LogP contribution < -0.4 is 5.32 Å². The lowest BCUT2D eigenvalue weighted by Crippen LogP contribution is -2.47. The van der Waals surface area contributed by atoms with Gasteiger partial charge in [0.15, 0.2) is 15.8 Å². The second-order valence-electron chi connectivity index (χ2n) is 6.72. The first-order chi connectivity index (χ1) is 12.3. The van der Waals surface area contributed by atoms with Crippen LogP contribution in [0.5, 0.6) is 0 Å². The standard InChI is InChI=1S/C18H28BrN3O3S.HI/c1-4-20-17(22(2)13-15-5-7-16(19)8-6-15)21-14-18(26(3,23)24)9-11-25-12-10-18;/h5-8H,4,9-14H2,1-3H3,(H,20,21);1H. The van der Waals surface area contributed by atoms with Crippen LogP contribution in [0.25, 0.3) is 0 Å². The lowest BCUT2D eigenvalue weighted by molar-refractivity contribution is 0.0767. The number of nitrogens with zero attached hydrogens (tertiary/aromatic N) is 2. The van der Waals surface area contributed by atoms with E-state index in [4.69, 9.17) is 4.74 Å². The highest BCUT2D eigenvalue weighted by molar-refractivity contribution is 14.0. The van der Waals surface area contributed by atoms with Crippen molar-refractivity contribution in [1.82, 2.24) is 10.2 Å². The number of benzene rings is 1. The fourth-order valence-electron chi connectivity index (χ4n) is 3.02. The fraction of sp³-hybridized carbons (Fsp3) is 0.611. The molecule has 0 saturated carbocycles. The molecule has 0 aliphatic carbocycles. The quantitative estimate of drug-likeness (QED) is 0.322. The van der Waals surface area contributed by atoms with Crippen molar-refractivity contribution in [2.75, 3.05) is 39.6 Å². The molecule has 2 rings (SSSR count). The van der Waals surface area contributed by atoms with Gasteiger partial charge < -0.3 is 15.0 Å². The summed E-state index contributed by atoms with van der Waals surface area (Å²) in [7, 11) is -1.27. The third-order valence-electron chi connectivity index (χ3n) is 4.74. The van der Waals surface area contributed by atoms with Gasteiger partial charge in [0.1, 0.15) is 0 Å². The molecule has 6 nitrogen and oxygen atoms in total. The first kappa shape index (κ1) is 24.6. The molecule has 0 unspecified atom stereocenters. The maximum absolute atomic E-state index is 12.4. The van der Waals surface area contributed by atoms with Crippen LogP contribution in [0.3, 0.4) is 0 Å². The van der Waals surface area contributed by atoms with Gasteiger partial charge in [-0.3, -0.25) is 4.99 Å². The maximum atomic E-state index is 12.4. The van der Waals surface area contributed by atoms with Crippen LogP contribution in [0.2, 0.25) is 0 Å². The highest BCUT2D eigenvalue weighted by atomic mass is 127. The fourth-order valence-corrected chi connectivity index (χ4v) is 4.49. The minimum Gasteiger partial charge on any atom is -0.381 e. The van der Waals surface area contributed by atoms with Gasteiger partial charge in [0.25, 0.3) is 0 Å². The number of hydrogen-bond acceptors (Lipinski definition) is 4. The summed E-state index contributed by atoms with van der Waals surface area (Å²) < 4.78 is 30.4. The number of guanidine groups is 1. The van der Waals surface area contributed by atoms with Gasteiger partial charge in [0.2, 0.25) is 0 Å². The molecule has 9 heteroatoms. The Morgan fingerprint density at radius 1 is 1.30 bits per heavy atom. The van der Waals surface area contributed by atoms with E-state index in [1.165, 1.54) is 6.26 Å². The third-order valence-corrected chi connectivity index (χ3v) is 7.38. The van der Waals surface area contributed by atoms with E-state index in [1.54, 1.807) is 0 Å². The van der Waals surface area contributed by atoms with E-state index in [0.717, 1.165) is 16.6 Å². The summed E-state index contributed by atoms with van der Waals surface area (Å²) >= 11 is 3.44. The molecule has 1 aliphatic heterocycles. The Morgan fingerprint density at radius 3 is 2.41 bits per heavy atom. The van der Waals surface area contributed by atoms with Gasteiger partial charge in [-0.15, -0.1) is 24.0 Å². The van der Waals surface area contributed by atoms with Crippen LogP contribution in [-0.4, -0.2) is 63.6 Å². The first-order valence-corrected chi connectivity index (χ1v) is 11.5. The SMILES string of the molecule is CCNC(=NCC1(S(C)(=O)=O)CCOCC1)N(C)Cc1ccc(Br)cc1.I. The van der Waals surface area contributed by atoms with Crippen LogP contribution in [0.1, 0.15) is 25.3 Å². The monoisotopic (exact) mass is 573 g/mol. The van der Waals surface area contributed by atoms with E-state index in [0.29, 0.717) is 38.6 Å². The number of ether oxygens (including phenoxy) is 1. The summed E-state index contributed by atoms with van der Waals surface area (Å²) in [5.41, 5.74) is 1.16. The van der Waals surface area contributed by atoms with Crippen molar-refractivity contribution in [3.63, 3.8) is 0 Å². The maximum Gasteiger partial charge on any atom is 0.194 e. The summed E-state index contributed by atoms with van der Waals surface area (Å²) in [5, 5.41) is 3.26. The number of aliphatic imine (C=N–C) groups is 1. The minimum atomic E-state index is -3.23. The van der Waals surface area contributed by atoms with Crippen molar-refractivity contribution in [3.05, 3.63) is 34.3 Å². The van der Waals surface area contributed by atoms with E-state index in [1.807, 2.05) is 31.0 Å². The molecular formula is C18H29BrIN3O3S. The summed E-state index contributed by atoms with van der Waals surface area (Å²) in [6, 6.07) is 8.13. The number of sulfone groups is 1. The van der Waals surface area contributed by atoms with Crippen LogP contribution in [0.15, 0.2) is 33.7 Å². The largest absolute Gasteiger partial charge is 0.381 e. The van der Waals surface area contributed by atoms with Crippen molar-refractivity contribution in [1.29, 1.82) is 0 Å². The molecule has 1 fully saturated rings. The minimum absolute atomic E-state index is 0. The van der Waals surface area contributed by atoms with Gasteiger partial charge in [-0.25, -0.2) is 8.42 Å². The molecule has 0 spiro atoms. The van der Waals surface area contributed by atoms with Crippen LogP contribution in [-0.2, 0) is 21.1 Å². The topological polar surface area (TPSA) is 71.0 Å². The van der Waals surface area contributed by atoms with Crippen molar-refractivity contribution in [3.8, 4) is 0 Å². The molecule has 0 radical (unpaired) electrons. The van der Waals surface area contributed by atoms with E-state index in [2.05, 4.69) is 38.4 Å².